The fourth-order valence-electron chi connectivity index (χ4n) is 2.22. The molecule has 0 saturated carbocycles. The van der Waals surface area contributed by atoms with Crippen LogP contribution in [0, 0.1) is 19.8 Å². The van der Waals surface area contributed by atoms with Crippen LogP contribution in [-0.4, -0.2) is 17.7 Å². The summed E-state index contributed by atoms with van der Waals surface area (Å²) < 4.78 is 0. The Morgan fingerprint density at radius 2 is 1.88 bits per heavy atom. The molecule has 2 rings (SSSR count). The van der Waals surface area contributed by atoms with Crippen LogP contribution in [0.3, 0.4) is 0 Å². The molecule has 17 heavy (non-hydrogen) atoms. The van der Waals surface area contributed by atoms with Crippen molar-refractivity contribution in [1.29, 1.82) is 0 Å². The van der Waals surface area contributed by atoms with E-state index < -0.39 is 5.24 Å². The molecule has 1 aromatic rings. The summed E-state index contributed by atoms with van der Waals surface area (Å²) >= 11 is 5.45. The standard InChI is InChI=1S/C13H14ClNO2/c1-8-3-9(2)5-11(4-8)15-7-10(13(14)17)6-12(15)16/h3-5,10H,6-7H2,1-2H3/t10-/m0/s1. The molecule has 3 nitrogen and oxygen atoms in total. The summed E-state index contributed by atoms with van der Waals surface area (Å²) in [5.74, 6) is -0.404. The van der Waals surface area contributed by atoms with Gasteiger partial charge in [-0.05, 0) is 48.7 Å². The minimum atomic E-state index is -0.426. The summed E-state index contributed by atoms with van der Waals surface area (Å²) in [6.45, 7) is 4.37. The molecule has 0 radical (unpaired) electrons. The van der Waals surface area contributed by atoms with Crippen LogP contribution in [0.5, 0.6) is 0 Å². The predicted molar refractivity (Wildman–Crippen MR) is 67.2 cm³/mol. The van der Waals surface area contributed by atoms with E-state index in [9.17, 15) is 9.59 Å². The highest BCUT2D eigenvalue weighted by molar-refractivity contribution is 6.64. The van der Waals surface area contributed by atoms with Crippen molar-refractivity contribution in [3.05, 3.63) is 29.3 Å². The number of carbonyl (C=O) groups is 2. The fourth-order valence-corrected chi connectivity index (χ4v) is 2.36. The van der Waals surface area contributed by atoms with Gasteiger partial charge >= 0.3 is 0 Å². The van der Waals surface area contributed by atoms with Gasteiger partial charge in [0.05, 0.1) is 5.92 Å². The largest absolute Gasteiger partial charge is 0.312 e. The van der Waals surface area contributed by atoms with Gasteiger partial charge < -0.3 is 4.90 Å². The van der Waals surface area contributed by atoms with Crippen LogP contribution in [0.4, 0.5) is 5.69 Å². The third-order valence-electron chi connectivity index (χ3n) is 2.96. The number of benzene rings is 1. The fraction of sp³-hybridized carbons (Fsp3) is 0.385. The number of anilines is 1. The van der Waals surface area contributed by atoms with Gasteiger partial charge in [0.25, 0.3) is 0 Å². The zero-order valence-electron chi connectivity index (χ0n) is 9.87. The monoisotopic (exact) mass is 251 g/mol. The summed E-state index contributed by atoms with van der Waals surface area (Å²) in [4.78, 5) is 24.6. The lowest BCUT2D eigenvalue weighted by Gasteiger charge is -2.17. The minimum absolute atomic E-state index is 0.0333. The van der Waals surface area contributed by atoms with E-state index in [0.29, 0.717) is 6.54 Å². The number of carbonyl (C=O) groups excluding carboxylic acids is 2. The van der Waals surface area contributed by atoms with Gasteiger partial charge in [0.1, 0.15) is 0 Å². The molecule has 0 aromatic heterocycles. The van der Waals surface area contributed by atoms with Gasteiger partial charge in [-0.3, -0.25) is 9.59 Å². The lowest BCUT2D eigenvalue weighted by atomic mass is 10.1. The van der Waals surface area contributed by atoms with Crippen LogP contribution in [0.1, 0.15) is 17.5 Å². The molecular formula is C13H14ClNO2. The van der Waals surface area contributed by atoms with Crippen LogP contribution in [-0.2, 0) is 9.59 Å². The Kier molecular flexibility index (Phi) is 3.20. The van der Waals surface area contributed by atoms with Crippen LogP contribution < -0.4 is 4.90 Å². The average Bonchev–Trinajstić information content (AvgIpc) is 2.59. The highest BCUT2D eigenvalue weighted by Gasteiger charge is 2.34. The maximum Gasteiger partial charge on any atom is 0.227 e. The van der Waals surface area contributed by atoms with Crippen molar-refractivity contribution in [3.8, 4) is 0 Å². The smallest absolute Gasteiger partial charge is 0.227 e. The Balaban J connectivity index is 2.28. The van der Waals surface area contributed by atoms with E-state index in [2.05, 4.69) is 0 Å². The Labute approximate surface area is 105 Å². The van der Waals surface area contributed by atoms with E-state index >= 15 is 0 Å². The number of rotatable bonds is 2. The van der Waals surface area contributed by atoms with Crippen LogP contribution in [0.15, 0.2) is 18.2 Å². The van der Waals surface area contributed by atoms with E-state index in [-0.39, 0.29) is 18.2 Å². The number of hydrogen-bond donors (Lipinski definition) is 0. The number of halogens is 1. The molecule has 1 heterocycles. The van der Waals surface area contributed by atoms with Crippen LogP contribution in [0.2, 0.25) is 0 Å². The second-order valence-corrected chi connectivity index (χ2v) is 4.93. The van der Waals surface area contributed by atoms with Crippen molar-refractivity contribution in [1.82, 2.24) is 0 Å². The van der Waals surface area contributed by atoms with Crippen molar-refractivity contribution in [2.45, 2.75) is 20.3 Å². The highest BCUT2D eigenvalue weighted by Crippen LogP contribution is 2.27. The summed E-state index contributed by atoms with van der Waals surface area (Å²) in [7, 11) is 0. The summed E-state index contributed by atoms with van der Waals surface area (Å²) in [6, 6.07) is 5.95. The van der Waals surface area contributed by atoms with Crippen LogP contribution >= 0.6 is 11.6 Å². The van der Waals surface area contributed by atoms with Crippen molar-refractivity contribution in [3.63, 3.8) is 0 Å². The molecule has 1 aliphatic heterocycles. The summed E-state index contributed by atoms with van der Waals surface area (Å²) in [5.41, 5.74) is 3.06. The zero-order valence-corrected chi connectivity index (χ0v) is 10.6. The molecule has 1 aliphatic rings. The Hall–Kier alpha value is -1.35. The average molecular weight is 252 g/mol. The second-order valence-electron chi connectivity index (χ2n) is 4.56. The van der Waals surface area contributed by atoms with Crippen molar-refractivity contribution >= 4 is 28.4 Å². The van der Waals surface area contributed by atoms with Gasteiger partial charge in [0.2, 0.25) is 11.1 Å². The zero-order chi connectivity index (χ0) is 12.6. The Morgan fingerprint density at radius 3 is 2.35 bits per heavy atom. The summed E-state index contributed by atoms with van der Waals surface area (Å²) in [6.07, 6.45) is 0.218. The first-order chi connectivity index (χ1) is 7.97. The quantitative estimate of drug-likeness (QED) is 0.757. The van der Waals surface area contributed by atoms with Crippen molar-refractivity contribution < 1.29 is 9.59 Å². The first-order valence-corrected chi connectivity index (χ1v) is 5.93. The maximum atomic E-state index is 11.8. The van der Waals surface area contributed by atoms with Crippen molar-refractivity contribution in [2.75, 3.05) is 11.4 Å². The highest BCUT2D eigenvalue weighted by atomic mass is 35.5. The van der Waals surface area contributed by atoms with Crippen LogP contribution in [0.25, 0.3) is 0 Å². The normalized spacial score (nSPS) is 19.8. The predicted octanol–water partition coefficient (Wildman–Crippen LogP) is 2.42. The lowest BCUT2D eigenvalue weighted by Crippen LogP contribution is -2.25. The number of hydrogen-bond acceptors (Lipinski definition) is 2. The third kappa shape index (κ3) is 2.50. The molecule has 4 heteroatoms. The second kappa shape index (κ2) is 4.49. The van der Waals surface area contributed by atoms with Gasteiger partial charge in [-0.1, -0.05) is 6.07 Å². The van der Waals surface area contributed by atoms with E-state index in [1.165, 1.54) is 0 Å². The van der Waals surface area contributed by atoms with E-state index in [4.69, 9.17) is 11.6 Å². The van der Waals surface area contributed by atoms with Crippen molar-refractivity contribution in [2.24, 2.45) is 5.92 Å². The molecule has 0 aliphatic carbocycles. The molecule has 0 spiro atoms. The first kappa shape index (κ1) is 12.1. The van der Waals surface area contributed by atoms with Gasteiger partial charge in [-0.2, -0.15) is 0 Å². The van der Waals surface area contributed by atoms with Gasteiger partial charge in [0, 0.05) is 18.7 Å². The molecule has 1 amide bonds. The topological polar surface area (TPSA) is 37.4 Å². The molecule has 1 aromatic carbocycles. The molecule has 0 bridgehead atoms. The third-order valence-corrected chi connectivity index (χ3v) is 3.27. The maximum absolute atomic E-state index is 11.8. The molecule has 0 unspecified atom stereocenters. The Morgan fingerprint density at radius 1 is 1.29 bits per heavy atom. The molecule has 0 N–H and O–H groups in total. The number of amides is 1. The molecule has 1 fully saturated rings. The van der Waals surface area contributed by atoms with Gasteiger partial charge in [-0.25, -0.2) is 0 Å². The van der Waals surface area contributed by atoms with Gasteiger partial charge in [-0.15, -0.1) is 0 Å². The first-order valence-electron chi connectivity index (χ1n) is 5.55. The SMILES string of the molecule is Cc1cc(C)cc(N2C[C@@H](C(=O)Cl)CC2=O)c1. The number of aryl methyl sites for hydroxylation is 2. The minimum Gasteiger partial charge on any atom is -0.312 e. The van der Waals surface area contributed by atoms with E-state index in [1.807, 2.05) is 32.0 Å². The van der Waals surface area contributed by atoms with Gasteiger partial charge in [0.15, 0.2) is 0 Å². The molecule has 1 atom stereocenters. The lowest BCUT2D eigenvalue weighted by molar-refractivity contribution is -0.120. The van der Waals surface area contributed by atoms with E-state index in [1.54, 1.807) is 4.90 Å². The Bertz CT molecular complexity index is 464. The summed E-state index contributed by atoms with van der Waals surface area (Å²) in [5, 5.41) is -0.426. The molecule has 1 saturated heterocycles. The molecule has 90 valence electrons. The number of nitrogens with zero attached hydrogens (tertiary/aromatic N) is 1. The van der Waals surface area contributed by atoms with E-state index in [0.717, 1.165) is 16.8 Å². The molecular weight excluding hydrogens is 238 g/mol.